The molecule has 1 aliphatic rings. The van der Waals surface area contributed by atoms with Crippen LogP contribution in [0.15, 0.2) is 65.5 Å². The lowest BCUT2D eigenvalue weighted by Gasteiger charge is -2.32. The lowest BCUT2D eigenvalue weighted by molar-refractivity contribution is 0.0685. The number of aromatic nitrogens is 1. The second-order valence-electron chi connectivity index (χ2n) is 7.36. The van der Waals surface area contributed by atoms with Gasteiger partial charge in [0, 0.05) is 18.6 Å². The standard InChI is InChI=1S/C23H24N2O2/c26-22-20(16-19-8-4-5-9-21(19)24-22)23(27)25-14-12-18(13-15-25)11-10-17-6-2-1-3-7-17/h1-9,16,18H,10-15H2,(H,24,26). The summed E-state index contributed by atoms with van der Waals surface area (Å²) < 4.78 is 0. The predicted octanol–water partition coefficient (Wildman–Crippen LogP) is 4.01. The Hall–Kier alpha value is -2.88. The van der Waals surface area contributed by atoms with Gasteiger partial charge in [0.2, 0.25) is 0 Å². The monoisotopic (exact) mass is 360 g/mol. The molecule has 4 rings (SSSR count). The number of carbonyl (C=O) groups is 1. The van der Waals surface area contributed by atoms with Gasteiger partial charge in [-0.1, -0.05) is 48.5 Å². The van der Waals surface area contributed by atoms with Gasteiger partial charge >= 0.3 is 0 Å². The summed E-state index contributed by atoms with van der Waals surface area (Å²) in [6.45, 7) is 1.45. The van der Waals surface area contributed by atoms with Crippen molar-refractivity contribution in [1.82, 2.24) is 9.88 Å². The lowest BCUT2D eigenvalue weighted by Crippen LogP contribution is -2.40. The molecular formula is C23H24N2O2. The number of benzene rings is 2. The van der Waals surface area contributed by atoms with E-state index >= 15 is 0 Å². The molecule has 138 valence electrons. The molecule has 27 heavy (non-hydrogen) atoms. The van der Waals surface area contributed by atoms with E-state index < -0.39 is 0 Å². The fourth-order valence-electron chi connectivity index (χ4n) is 3.92. The summed E-state index contributed by atoms with van der Waals surface area (Å²) in [5.41, 5.74) is 2.08. The van der Waals surface area contributed by atoms with Crippen molar-refractivity contribution < 1.29 is 4.79 Å². The van der Waals surface area contributed by atoms with Crippen LogP contribution in [0.5, 0.6) is 0 Å². The Bertz CT molecular complexity index is 986. The smallest absolute Gasteiger partial charge is 0.261 e. The van der Waals surface area contributed by atoms with Crippen LogP contribution in [0.2, 0.25) is 0 Å². The van der Waals surface area contributed by atoms with Crippen molar-refractivity contribution in [2.24, 2.45) is 5.92 Å². The first-order valence-electron chi connectivity index (χ1n) is 9.66. The highest BCUT2D eigenvalue weighted by molar-refractivity contribution is 5.97. The molecule has 0 saturated carbocycles. The highest BCUT2D eigenvalue weighted by Gasteiger charge is 2.25. The van der Waals surface area contributed by atoms with Gasteiger partial charge in [-0.05, 0) is 54.7 Å². The van der Waals surface area contributed by atoms with Crippen LogP contribution in [0.3, 0.4) is 0 Å². The number of aryl methyl sites for hydroxylation is 1. The van der Waals surface area contributed by atoms with Crippen LogP contribution in [0.1, 0.15) is 35.2 Å². The number of piperidine rings is 1. The van der Waals surface area contributed by atoms with Crippen molar-refractivity contribution in [3.8, 4) is 0 Å². The first kappa shape index (κ1) is 17.5. The molecular weight excluding hydrogens is 336 g/mol. The molecule has 0 unspecified atom stereocenters. The van der Waals surface area contributed by atoms with Crippen LogP contribution >= 0.6 is 0 Å². The number of rotatable bonds is 4. The zero-order valence-electron chi connectivity index (χ0n) is 15.4. The minimum atomic E-state index is -0.301. The number of nitrogens with one attached hydrogen (secondary N) is 1. The Kier molecular flexibility index (Phi) is 5.05. The van der Waals surface area contributed by atoms with Gasteiger partial charge in [-0.25, -0.2) is 0 Å². The highest BCUT2D eigenvalue weighted by Crippen LogP contribution is 2.23. The van der Waals surface area contributed by atoms with E-state index in [1.807, 2.05) is 35.2 Å². The van der Waals surface area contributed by atoms with E-state index in [1.165, 1.54) is 5.56 Å². The number of H-pyrrole nitrogens is 1. The molecule has 3 aromatic rings. The van der Waals surface area contributed by atoms with Gasteiger partial charge in [-0.15, -0.1) is 0 Å². The molecule has 2 heterocycles. The maximum absolute atomic E-state index is 12.9. The number of likely N-dealkylation sites (tertiary alicyclic amines) is 1. The fourth-order valence-corrected chi connectivity index (χ4v) is 3.92. The second kappa shape index (κ2) is 7.78. The van der Waals surface area contributed by atoms with Crippen LogP contribution < -0.4 is 5.56 Å². The fraction of sp³-hybridized carbons (Fsp3) is 0.304. The number of aromatic amines is 1. The van der Waals surface area contributed by atoms with E-state index in [-0.39, 0.29) is 17.0 Å². The van der Waals surface area contributed by atoms with Gasteiger partial charge in [0.25, 0.3) is 11.5 Å². The van der Waals surface area contributed by atoms with Crippen molar-refractivity contribution >= 4 is 16.8 Å². The summed E-state index contributed by atoms with van der Waals surface area (Å²) >= 11 is 0. The molecule has 0 bridgehead atoms. The summed E-state index contributed by atoms with van der Waals surface area (Å²) in [5.74, 6) is 0.493. The van der Waals surface area contributed by atoms with Crippen molar-refractivity contribution in [2.45, 2.75) is 25.7 Å². The number of nitrogens with zero attached hydrogens (tertiary/aromatic N) is 1. The Morgan fingerprint density at radius 3 is 2.48 bits per heavy atom. The van der Waals surface area contributed by atoms with E-state index in [0.717, 1.165) is 49.7 Å². The largest absolute Gasteiger partial charge is 0.338 e. The number of pyridine rings is 1. The minimum absolute atomic E-state index is 0.150. The van der Waals surface area contributed by atoms with E-state index in [0.29, 0.717) is 5.92 Å². The lowest BCUT2D eigenvalue weighted by atomic mass is 9.90. The third-order valence-corrected chi connectivity index (χ3v) is 5.57. The molecule has 1 saturated heterocycles. The van der Waals surface area contributed by atoms with E-state index in [4.69, 9.17) is 0 Å². The molecule has 1 amide bonds. The van der Waals surface area contributed by atoms with Gasteiger partial charge < -0.3 is 9.88 Å². The maximum Gasteiger partial charge on any atom is 0.261 e. The number of hydrogen-bond acceptors (Lipinski definition) is 2. The van der Waals surface area contributed by atoms with Gasteiger partial charge in [-0.3, -0.25) is 9.59 Å². The Morgan fingerprint density at radius 1 is 1.00 bits per heavy atom. The van der Waals surface area contributed by atoms with Crippen LogP contribution in [-0.2, 0) is 6.42 Å². The topological polar surface area (TPSA) is 53.2 Å². The molecule has 1 aromatic heterocycles. The van der Waals surface area contributed by atoms with Crippen LogP contribution in [0.4, 0.5) is 0 Å². The van der Waals surface area contributed by atoms with Crippen molar-refractivity contribution in [3.63, 3.8) is 0 Å². The van der Waals surface area contributed by atoms with Crippen molar-refractivity contribution in [1.29, 1.82) is 0 Å². The van der Waals surface area contributed by atoms with Gasteiger partial charge in [-0.2, -0.15) is 0 Å². The molecule has 4 nitrogen and oxygen atoms in total. The Labute approximate surface area is 158 Å². The van der Waals surface area contributed by atoms with Crippen LogP contribution in [0, 0.1) is 5.92 Å². The normalized spacial score (nSPS) is 15.2. The van der Waals surface area contributed by atoms with Gasteiger partial charge in [0.1, 0.15) is 5.56 Å². The Morgan fingerprint density at radius 2 is 1.70 bits per heavy atom. The van der Waals surface area contributed by atoms with E-state index in [9.17, 15) is 9.59 Å². The highest BCUT2D eigenvalue weighted by atomic mass is 16.2. The molecule has 0 atom stereocenters. The van der Waals surface area contributed by atoms with E-state index in [1.54, 1.807) is 6.07 Å². The second-order valence-corrected chi connectivity index (χ2v) is 7.36. The first-order chi connectivity index (χ1) is 13.2. The summed E-state index contributed by atoms with van der Waals surface area (Å²) in [5, 5.41) is 0.887. The zero-order valence-corrected chi connectivity index (χ0v) is 15.4. The molecule has 0 spiro atoms. The Balaban J connectivity index is 1.39. The SMILES string of the molecule is O=C(c1cc2ccccc2[nH]c1=O)N1CCC(CCc2ccccc2)CC1. The van der Waals surface area contributed by atoms with E-state index in [2.05, 4.69) is 29.2 Å². The molecule has 2 aromatic carbocycles. The van der Waals surface area contributed by atoms with Crippen LogP contribution in [0.25, 0.3) is 10.9 Å². The molecule has 1 N–H and O–H groups in total. The average molecular weight is 360 g/mol. The summed E-state index contributed by atoms with van der Waals surface area (Å²) in [6, 6.07) is 19.8. The minimum Gasteiger partial charge on any atom is -0.338 e. The van der Waals surface area contributed by atoms with Gasteiger partial charge in [0.05, 0.1) is 0 Å². The number of hydrogen-bond donors (Lipinski definition) is 1. The number of amides is 1. The quantitative estimate of drug-likeness (QED) is 0.764. The predicted molar refractivity (Wildman–Crippen MR) is 108 cm³/mol. The number of fused-ring (bicyclic) bond motifs is 1. The molecule has 0 aliphatic carbocycles. The van der Waals surface area contributed by atoms with Crippen LogP contribution in [-0.4, -0.2) is 28.9 Å². The molecule has 1 fully saturated rings. The number of carbonyl (C=O) groups excluding carboxylic acids is 1. The third kappa shape index (κ3) is 3.95. The molecule has 4 heteroatoms. The molecule has 1 aliphatic heterocycles. The average Bonchev–Trinajstić information content (AvgIpc) is 2.72. The summed E-state index contributed by atoms with van der Waals surface area (Å²) in [7, 11) is 0. The maximum atomic E-state index is 12.9. The van der Waals surface area contributed by atoms with Crippen molar-refractivity contribution in [2.75, 3.05) is 13.1 Å². The van der Waals surface area contributed by atoms with Gasteiger partial charge in [0.15, 0.2) is 0 Å². The number of para-hydroxylation sites is 1. The summed E-state index contributed by atoms with van der Waals surface area (Å²) in [6.07, 6.45) is 4.25. The molecule has 0 radical (unpaired) electrons. The third-order valence-electron chi connectivity index (χ3n) is 5.57. The summed E-state index contributed by atoms with van der Waals surface area (Å²) in [4.78, 5) is 29.8. The van der Waals surface area contributed by atoms with Crippen molar-refractivity contribution in [3.05, 3.63) is 82.1 Å². The first-order valence-corrected chi connectivity index (χ1v) is 9.66. The zero-order chi connectivity index (χ0) is 18.6.